The second kappa shape index (κ2) is 7.87. The average molecular weight is 307 g/mol. The van der Waals surface area contributed by atoms with Crippen LogP contribution in [0.25, 0.3) is 0 Å². The Morgan fingerprint density at radius 3 is 2.91 bits per heavy atom. The molecule has 22 heavy (non-hydrogen) atoms. The molecule has 0 radical (unpaired) electrons. The lowest BCUT2D eigenvalue weighted by Gasteiger charge is -2.28. The van der Waals surface area contributed by atoms with Gasteiger partial charge in [0.15, 0.2) is 0 Å². The first-order valence-corrected chi connectivity index (χ1v) is 7.91. The fraction of sp³-hybridized carbons (Fsp3) is 0.625. The van der Waals surface area contributed by atoms with Gasteiger partial charge < -0.3 is 20.4 Å². The third-order valence-electron chi connectivity index (χ3n) is 4.03. The molecule has 1 heterocycles. The highest BCUT2D eigenvalue weighted by Gasteiger charge is 2.22. The third-order valence-corrected chi connectivity index (χ3v) is 4.03. The van der Waals surface area contributed by atoms with Crippen LogP contribution in [0.5, 0.6) is 0 Å². The summed E-state index contributed by atoms with van der Waals surface area (Å²) in [5, 5.41) is 8.36. The summed E-state index contributed by atoms with van der Waals surface area (Å²) in [4.78, 5) is 23.9. The van der Waals surface area contributed by atoms with E-state index < -0.39 is 6.04 Å². The van der Waals surface area contributed by atoms with Gasteiger partial charge in [-0.3, -0.25) is 4.79 Å². The molecule has 0 saturated heterocycles. The zero-order chi connectivity index (χ0) is 15.9. The second-order valence-corrected chi connectivity index (χ2v) is 6.11. The van der Waals surface area contributed by atoms with Crippen LogP contribution in [0.15, 0.2) is 22.8 Å². The number of amides is 3. The van der Waals surface area contributed by atoms with Crippen molar-refractivity contribution in [2.45, 2.75) is 58.2 Å². The molecular weight excluding hydrogens is 282 g/mol. The van der Waals surface area contributed by atoms with Gasteiger partial charge in [0.2, 0.25) is 5.91 Å². The Kier molecular flexibility index (Phi) is 5.86. The first kappa shape index (κ1) is 16.4. The molecule has 3 atom stereocenters. The number of hydrogen-bond acceptors (Lipinski definition) is 3. The molecule has 0 unspecified atom stereocenters. The fourth-order valence-corrected chi connectivity index (χ4v) is 2.79. The van der Waals surface area contributed by atoms with Crippen LogP contribution in [0.3, 0.4) is 0 Å². The summed E-state index contributed by atoms with van der Waals surface area (Å²) in [6.07, 6.45) is 5.95. The molecule has 1 saturated carbocycles. The smallest absolute Gasteiger partial charge is 0.315 e. The highest BCUT2D eigenvalue weighted by molar-refractivity contribution is 5.86. The molecular formula is C16H25N3O3. The summed E-state index contributed by atoms with van der Waals surface area (Å²) in [6.45, 7) is 4.19. The fourth-order valence-electron chi connectivity index (χ4n) is 2.79. The van der Waals surface area contributed by atoms with Crippen molar-refractivity contribution < 1.29 is 14.0 Å². The maximum absolute atomic E-state index is 11.9. The molecule has 1 aliphatic rings. The highest BCUT2D eigenvalue weighted by atomic mass is 16.3. The molecule has 6 nitrogen and oxygen atoms in total. The molecule has 3 amide bonds. The van der Waals surface area contributed by atoms with Crippen LogP contribution in [0.2, 0.25) is 0 Å². The van der Waals surface area contributed by atoms with E-state index in [2.05, 4.69) is 22.9 Å². The van der Waals surface area contributed by atoms with Gasteiger partial charge in [-0.25, -0.2) is 4.79 Å². The molecule has 3 N–H and O–H groups in total. The van der Waals surface area contributed by atoms with Crippen LogP contribution in [0.1, 0.15) is 45.3 Å². The topological polar surface area (TPSA) is 83.4 Å². The predicted molar refractivity (Wildman–Crippen MR) is 83.1 cm³/mol. The summed E-state index contributed by atoms with van der Waals surface area (Å²) in [5.74, 6) is 1.10. The average Bonchev–Trinajstić information content (AvgIpc) is 2.97. The number of hydrogen-bond donors (Lipinski definition) is 3. The minimum atomic E-state index is -0.587. The van der Waals surface area contributed by atoms with Crippen LogP contribution >= 0.6 is 0 Å². The van der Waals surface area contributed by atoms with E-state index in [1.807, 2.05) is 0 Å². The van der Waals surface area contributed by atoms with Crippen LogP contribution in [0.4, 0.5) is 4.79 Å². The van der Waals surface area contributed by atoms with Crippen LogP contribution in [-0.2, 0) is 11.3 Å². The normalized spacial score (nSPS) is 22.6. The zero-order valence-electron chi connectivity index (χ0n) is 13.2. The van der Waals surface area contributed by atoms with E-state index in [4.69, 9.17) is 4.42 Å². The molecule has 122 valence electrons. The van der Waals surface area contributed by atoms with E-state index in [1.54, 1.807) is 25.3 Å². The van der Waals surface area contributed by atoms with E-state index in [9.17, 15) is 9.59 Å². The van der Waals surface area contributed by atoms with Crippen molar-refractivity contribution in [2.24, 2.45) is 5.92 Å². The van der Waals surface area contributed by atoms with E-state index >= 15 is 0 Å². The molecule has 1 aliphatic carbocycles. The van der Waals surface area contributed by atoms with Crippen LogP contribution in [-0.4, -0.2) is 24.0 Å². The number of urea groups is 1. The molecule has 1 aromatic rings. The number of rotatable bonds is 5. The first-order chi connectivity index (χ1) is 10.5. The van der Waals surface area contributed by atoms with Gasteiger partial charge in [0.25, 0.3) is 0 Å². The Morgan fingerprint density at radius 1 is 1.41 bits per heavy atom. The molecule has 1 fully saturated rings. The first-order valence-electron chi connectivity index (χ1n) is 7.91. The third kappa shape index (κ3) is 5.09. The summed E-state index contributed by atoms with van der Waals surface area (Å²) in [5.41, 5.74) is 0. The van der Waals surface area contributed by atoms with Crippen LogP contribution in [0, 0.1) is 5.92 Å². The largest absolute Gasteiger partial charge is 0.467 e. The van der Waals surface area contributed by atoms with E-state index in [-0.39, 0.29) is 18.0 Å². The Labute approximate surface area is 131 Å². The predicted octanol–water partition coefficient (Wildman–Crippen LogP) is 2.16. The Morgan fingerprint density at radius 2 is 2.23 bits per heavy atom. The van der Waals surface area contributed by atoms with Gasteiger partial charge >= 0.3 is 6.03 Å². The SMILES string of the molecule is C[C@@H]1CCC[C@H](NC(=O)N[C@@H](C)C(=O)NCc2ccco2)C1. The maximum atomic E-state index is 11.9. The van der Waals surface area contributed by atoms with Crippen LogP contribution < -0.4 is 16.0 Å². The van der Waals surface area contributed by atoms with E-state index in [0.717, 1.165) is 19.3 Å². The Hall–Kier alpha value is -1.98. The Bertz CT molecular complexity index is 487. The number of furan rings is 1. The van der Waals surface area contributed by atoms with Crippen molar-refractivity contribution in [3.63, 3.8) is 0 Å². The molecule has 1 aromatic heterocycles. The van der Waals surface area contributed by atoms with Gasteiger partial charge in [-0.05, 0) is 37.8 Å². The summed E-state index contributed by atoms with van der Waals surface area (Å²) in [6, 6.07) is 2.90. The van der Waals surface area contributed by atoms with Crippen molar-refractivity contribution in [3.8, 4) is 0 Å². The number of carbonyl (C=O) groups excluding carboxylic acids is 2. The van der Waals surface area contributed by atoms with Gasteiger partial charge in [-0.1, -0.05) is 19.8 Å². The quantitative estimate of drug-likeness (QED) is 0.779. The number of nitrogens with one attached hydrogen (secondary N) is 3. The van der Waals surface area contributed by atoms with Gasteiger partial charge in [0.05, 0.1) is 12.8 Å². The molecule has 0 bridgehead atoms. The lowest BCUT2D eigenvalue weighted by molar-refractivity contribution is -0.122. The minimum absolute atomic E-state index is 0.210. The number of carbonyl (C=O) groups is 2. The Balaban J connectivity index is 1.69. The standard InChI is InChI=1S/C16H25N3O3/c1-11-5-3-6-13(9-11)19-16(21)18-12(2)15(20)17-10-14-7-4-8-22-14/h4,7-8,11-13H,3,5-6,9-10H2,1-2H3,(H,17,20)(H2,18,19,21)/t11-,12+,13+/m1/s1. The summed E-state index contributed by atoms with van der Waals surface area (Å²) in [7, 11) is 0. The monoisotopic (exact) mass is 307 g/mol. The summed E-state index contributed by atoms with van der Waals surface area (Å²) >= 11 is 0. The molecule has 0 aliphatic heterocycles. The van der Waals surface area contributed by atoms with Crippen molar-refractivity contribution in [1.82, 2.24) is 16.0 Å². The van der Waals surface area contributed by atoms with Crippen molar-refractivity contribution >= 4 is 11.9 Å². The van der Waals surface area contributed by atoms with Gasteiger partial charge in [-0.15, -0.1) is 0 Å². The van der Waals surface area contributed by atoms with E-state index in [1.165, 1.54) is 6.42 Å². The van der Waals surface area contributed by atoms with Crippen molar-refractivity contribution in [1.29, 1.82) is 0 Å². The molecule has 2 rings (SSSR count). The molecule has 0 spiro atoms. The molecule has 0 aromatic carbocycles. The van der Waals surface area contributed by atoms with Gasteiger partial charge in [0, 0.05) is 6.04 Å². The van der Waals surface area contributed by atoms with Crippen molar-refractivity contribution in [2.75, 3.05) is 0 Å². The minimum Gasteiger partial charge on any atom is -0.467 e. The lowest BCUT2D eigenvalue weighted by Crippen LogP contribution is -2.51. The summed E-state index contributed by atoms with van der Waals surface area (Å²) < 4.78 is 5.14. The second-order valence-electron chi connectivity index (χ2n) is 6.11. The van der Waals surface area contributed by atoms with Gasteiger partial charge in [-0.2, -0.15) is 0 Å². The lowest BCUT2D eigenvalue weighted by atomic mass is 9.87. The van der Waals surface area contributed by atoms with Crippen molar-refractivity contribution in [3.05, 3.63) is 24.2 Å². The maximum Gasteiger partial charge on any atom is 0.315 e. The van der Waals surface area contributed by atoms with E-state index in [0.29, 0.717) is 18.2 Å². The zero-order valence-corrected chi connectivity index (χ0v) is 13.2. The van der Waals surface area contributed by atoms with Gasteiger partial charge in [0.1, 0.15) is 11.8 Å². The highest BCUT2D eigenvalue weighted by Crippen LogP contribution is 2.23. The molecule has 6 heteroatoms.